The van der Waals surface area contributed by atoms with Gasteiger partial charge in [-0.1, -0.05) is 22.0 Å². The van der Waals surface area contributed by atoms with Crippen molar-refractivity contribution >= 4 is 21.6 Å². The first-order valence-electron chi connectivity index (χ1n) is 6.11. The van der Waals surface area contributed by atoms with Gasteiger partial charge in [0.15, 0.2) is 0 Å². The molecule has 0 saturated carbocycles. The number of halogens is 1. The third-order valence-electron chi connectivity index (χ3n) is 2.90. The van der Waals surface area contributed by atoms with E-state index in [2.05, 4.69) is 33.8 Å². The van der Waals surface area contributed by atoms with E-state index in [0.29, 0.717) is 6.54 Å². The lowest BCUT2D eigenvalue weighted by Crippen LogP contribution is -2.27. The maximum absolute atomic E-state index is 9.59. The number of aliphatic hydroxyl groups is 1. The number of hydrogen-bond acceptors (Lipinski definition) is 3. The number of rotatable bonds is 5. The number of nitrogens with zero attached hydrogens (tertiary/aromatic N) is 2. The van der Waals surface area contributed by atoms with E-state index in [4.69, 9.17) is 5.26 Å². The van der Waals surface area contributed by atoms with Crippen molar-refractivity contribution < 1.29 is 5.11 Å². The first-order chi connectivity index (χ1) is 8.49. The minimum Gasteiger partial charge on any atom is -0.389 e. The van der Waals surface area contributed by atoms with E-state index in [1.54, 1.807) is 6.92 Å². The van der Waals surface area contributed by atoms with Crippen molar-refractivity contribution in [2.24, 2.45) is 5.92 Å². The fourth-order valence-corrected chi connectivity index (χ4v) is 2.54. The smallest absolute Gasteiger partial charge is 0.0772 e. The molecule has 1 unspecified atom stereocenters. The van der Waals surface area contributed by atoms with E-state index in [9.17, 15) is 5.11 Å². The largest absolute Gasteiger partial charge is 0.389 e. The summed E-state index contributed by atoms with van der Waals surface area (Å²) in [4.78, 5) is 2.16. The topological polar surface area (TPSA) is 47.3 Å². The minimum atomic E-state index is -0.485. The minimum absolute atomic E-state index is 0.000155. The Kier molecular flexibility index (Phi) is 5.64. The van der Waals surface area contributed by atoms with Crippen LogP contribution in [0.25, 0.3) is 0 Å². The monoisotopic (exact) mass is 310 g/mol. The summed E-state index contributed by atoms with van der Waals surface area (Å²) in [6, 6.07) is 8.15. The van der Waals surface area contributed by atoms with E-state index in [0.717, 1.165) is 22.3 Å². The van der Waals surface area contributed by atoms with Gasteiger partial charge in [-0.2, -0.15) is 5.26 Å². The molecule has 1 N–H and O–H groups in total. The molecule has 0 amide bonds. The van der Waals surface area contributed by atoms with Gasteiger partial charge >= 0.3 is 0 Å². The molecule has 3 nitrogen and oxygen atoms in total. The lowest BCUT2D eigenvalue weighted by Gasteiger charge is -2.25. The Morgan fingerprint density at radius 2 is 2.11 bits per heavy atom. The fraction of sp³-hybridized carbons (Fsp3) is 0.500. The Labute approximate surface area is 117 Å². The van der Waals surface area contributed by atoms with Crippen LogP contribution in [0.1, 0.15) is 32.4 Å². The molecule has 98 valence electrons. The van der Waals surface area contributed by atoms with E-state index < -0.39 is 6.10 Å². The molecule has 0 aliphatic heterocycles. The molecule has 0 aliphatic rings. The van der Waals surface area contributed by atoms with Gasteiger partial charge in [-0.15, -0.1) is 0 Å². The number of hydrogen-bond donors (Lipinski definition) is 1. The van der Waals surface area contributed by atoms with Crippen LogP contribution in [0.15, 0.2) is 22.7 Å². The number of anilines is 1. The summed E-state index contributed by atoms with van der Waals surface area (Å²) in [5.41, 5.74) is 1.94. The number of benzene rings is 1. The van der Waals surface area contributed by atoms with Crippen LogP contribution < -0.4 is 4.90 Å². The Hall–Kier alpha value is -1.05. The van der Waals surface area contributed by atoms with E-state index in [1.807, 2.05) is 25.1 Å². The fourth-order valence-electron chi connectivity index (χ4n) is 1.84. The molecule has 1 aromatic rings. The van der Waals surface area contributed by atoms with Crippen LogP contribution in [-0.2, 0) is 0 Å². The second-order valence-electron chi connectivity index (χ2n) is 4.45. The van der Waals surface area contributed by atoms with Crippen LogP contribution in [-0.4, -0.2) is 18.2 Å². The van der Waals surface area contributed by atoms with Crippen molar-refractivity contribution in [3.8, 4) is 6.07 Å². The van der Waals surface area contributed by atoms with Gasteiger partial charge < -0.3 is 10.0 Å². The van der Waals surface area contributed by atoms with Crippen LogP contribution in [0.5, 0.6) is 0 Å². The van der Waals surface area contributed by atoms with Gasteiger partial charge in [0.25, 0.3) is 0 Å². The summed E-state index contributed by atoms with van der Waals surface area (Å²) in [6.45, 7) is 7.30. The molecule has 0 aromatic heterocycles. The van der Waals surface area contributed by atoms with E-state index in [-0.39, 0.29) is 5.92 Å². The van der Waals surface area contributed by atoms with Crippen molar-refractivity contribution in [3.05, 3.63) is 28.2 Å². The molecule has 0 spiro atoms. The van der Waals surface area contributed by atoms with Gasteiger partial charge in [0.05, 0.1) is 18.1 Å². The zero-order valence-corrected chi connectivity index (χ0v) is 12.6. The van der Waals surface area contributed by atoms with Gasteiger partial charge in [0.2, 0.25) is 0 Å². The average Bonchev–Trinajstić information content (AvgIpc) is 2.34. The van der Waals surface area contributed by atoms with Crippen molar-refractivity contribution in [1.82, 2.24) is 0 Å². The number of aliphatic hydroxyl groups excluding tert-OH is 1. The maximum Gasteiger partial charge on any atom is 0.0772 e. The molecule has 18 heavy (non-hydrogen) atoms. The summed E-state index contributed by atoms with van der Waals surface area (Å²) in [5, 5.41) is 18.5. The average molecular weight is 311 g/mol. The molecule has 0 radical (unpaired) electrons. The SMILES string of the molecule is CCN(CC(C)C#N)c1ccc([C@@H](C)O)c(Br)c1. The molecule has 4 heteroatoms. The predicted molar refractivity (Wildman–Crippen MR) is 77.4 cm³/mol. The molecule has 0 fully saturated rings. The Balaban J connectivity index is 2.95. The first-order valence-corrected chi connectivity index (χ1v) is 6.91. The zero-order valence-electron chi connectivity index (χ0n) is 11.0. The second kappa shape index (κ2) is 6.77. The molecule has 1 rings (SSSR count). The van der Waals surface area contributed by atoms with Crippen LogP contribution in [0.3, 0.4) is 0 Å². The molecule has 1 aromatic carbocycles. The van der Waals surface area contributed by atoms with Gasteiger partial charge in [0.1, 0.15) is 0 Å². The number of nitriles is 1. The third-order valence-corrected chi connectivity index (χ3v) is 3.58. The summed E-state index contributed by atoms with van der Waals surface area (Å²) >= 11 is 3.48. The first kappa shape index (κ1) is 15.0. The van der Waals surface area contributed by atoms with Crippen molar-refractivity contribution in [3.63, 3.8) is 0 Å². The standard InChI is InChI=1S/C14H19BrN2O/c1-4-17(9-10(2)8-16)12-5-6-13(11(3)18)14(15)7-12/h5-7,10-11,18H,4,9H2,1-3H3/t10?,11-/m1/s1. The predicted octanol–water partition coefficient (Wildman–Crippen LogP) is 3.49. The lowest BCUT2D eigenvalue weighted by atomic mass is 10.1. The van der Waals surface area contributed by atoms with Crippen molar-refractivity contribution in [2.45, 2.75) is 26.9 Å². The third kappa shape index (κ3) is 3.72. The second-order valence-corrected chi connectivity index (χ2v) is 5.30. The molecular weight excluding hydrogens is 292 g/mol. The quantitative estimate of drug-likeness (QED) is 0.905. The van der Waals surface area contributed by atoms with E-state index >= 15 is 0 Å². The van der Waals surface area contributed by atoms with Crippen LogP contribution in [0.4, 0.5) is 5.69 Å². The molecular formula is C14H19BrN2O. The normalized spacial score (nSPS) is 13.8. The van der Waals surface area contributed by atoms with Gasteiger partial charge in [-0.25, -0.2) is 0 Å². The summed E-state index contributed by atoms with van der Waals surface area (Å²) in [7, 11) is 0. The highest BCUT2D eigenvalue weighted by molar-refractivity contribution is 9.10. The van der Waals surface area contributed by atoms with Gasteiger partial charge in [-0.3, -0.25) is 0 Å². The molecule has 0 aliphatic carbocycles. The Bertz CT molecular complexity index is 440. The Morgan fingerprint density at radius 1 is 1.44 bits per heavy atom. The summed E-state index contributed by atoms with van der Waals surface area (Å²) < 4.78 is 0.901. The molecule has 0 saturated heterocycles. The zero-order chi connectivity index (χ0) is 13.7. The highest BCUT2D eigenvalue weighted by Gasteiger charge is 2.12. The highest BCUT2D eigenvalue weighted by atomic mass is 79.9. The van der Waals surface area contributed by atoms with Crippen molar-refractivity contribution in [2.75, 3.05) is 18.0 Å². The van der Waals surface area contributed by atoms with Crippen LogP contribution in [0.2, 0.25) is 0 Å². The highest BCUT2D eigenvalue weighted by Crippen LogP contribution is 2.28. The maximum atomic E-state index is 9.59. The lowest BCUT2D eigenvalue weighted by molar-refractivity contribution is 0.198. The summed E-state index contributed by atoms with van der Waals surface area (Å²) in [6.07, 6.45) is -0.485. The molecule has 2 atom stereocenters. The van der Waals surface area contributed by atoms with Gasteiger partial charge in [0, 0.05) is 23.2 Å². The van der Waals surface area contributed by atoms with Crippen LogP contribution >= 0.6 is 15.9 Å². The van der Waals surface area contributed by atoms with E-state index in [1.165, 1.54) is 0 Å². The summed E-state index contributed by atoms with van der Waals surface area (Å²) in [5.74, 6) is 0.000155. The molecule has 0 heterocycles. The molecule has 0 bridgehead atoms. The Morgan fingerprint density at radius 3 is 2.56 bits per heavy atom. The van der Waals surface area contributed by atoms with Crippen LogP contribution in [0, 0.1) is 17.2 Å². The van der Waals surface area contributed by atoms with Gasteiger partial charge in [-0.05, 0) is 38.5 Å². The van der Waals surface area contributed by atoms with Crippen molar-refractivity contribution in [1.29, 1.82) is 5.26 Å².